The molecule has 0 bridgehead atoms. The minimum atomic E-state index is -0.943. The zero-order valence-corrected chi connectivity index (χ0v) is 15.6. The molecule has 2 amide bonds. The fourth-order valence-corrected chi connectivity index (χ4v) is 2.80. The van der Waals surface area contributed by atoms with Crippen LogP contribution in [-0.2, 0) is 17.9 Å². The molecule has 0 saturated heterocycles. The van der Waals surface area contributed by atoms with Crippen LogP contribution in [0, 0.1) is 11.6 Å². The Hall–Kier alpha value is -3.55. The molecule has 0 atom stereocenters. The lowest BCUT2D eigenvalue weighted by Gasteiger charge is -2.11. The molecule has 0 aliphatic heterocycles. The number of rotatable bonds is 8. The van der Waals surface area contributed by atoms with Crippen LogP contribution in [0.5, 0.6) is 0 Å². The van der Waals surface area contributed by atoms with Crippen molar-refractivity contribution in [3.63, 3.8) is 0 Å². The maximum absolute atomic E-state index is 13.6. The molecule has 0 aliphatic carbocycles. The molecule has 0 aliphatic rings. The molecule has 0 spiro atoms. The van der Waals surface area contributed by atoms with Crippen molar-refractivity contribution >= 4 is 11.8 Å². The van der Waals surface area contributed by atoms with Gasteiger partial charge >= 0.3 is 0 Å². The highest BCUT2D eigenvalue weighted by Gasteiger charge is 2.12. The van der Waals surface area contributed by atoms with E-state index in [1.807, 2.05) is 35.0 Å². The molecule has 150 valence electrons. The second-order valence-corrected chi connectivity index (χ2v) is 6.41. The lowest BCUT2D eigenvalue weighted by molar-refractivity contribution is -0.121. The number of nitrogens with one attached hydrogen (secondary N) is 2. The largest absolute Gasteiger partial charge is 0.352 e. The highest BCUT2D eigenvalue weighted by molar-refractivity contribution is 5.94. The summed E-state index contributed by atoms with van der Waals surface area (Å²) in [5.74, 6) is -2.64. The number of halogens is 2. The van der Waals surface area contributed by atoms with Crippen LogP contribution in [0.3, 0.4) is 0 Å². The fourth-order valence-electron chi connectivity index (χ4n) is 2.80. The van der Waals surface area contributed by atoms with Gasteiger partial charge in [0.25, 0.3) is 5.91 Å². The van der Waals surface area contributed by atoms with Crippen LogP contribution >= 0.6 is 0 Å². The van der Waals surface area contributed by atoms with Crippen LogP contribution in [0.1, 0.15) is 27.9 Å². The van der Waals surface area contributed by atoms with Gasteiger partial charge in [-0.25, -0.2) is 13.8 Å². The maximum Gasteiger partial charge on any atom is 0.254 e. The Kier molecular flexibility index (Phi) is 6.67. The second-order valence-electron chi connectivity index (χ2n) is 6.41. The molecule has 0 fully saturated rings. The average Bonchev–Trinajstić information content (AvgIpc) is 3.20. The van der Waals surface area contributed by atoms with Gasteiger partial charge in [-0.1, -0.05) is 24.3 Å². The Morgan fingerprint density at radius 3 is 2.55 bits per heavy atom. The van der Waals surface area contributed by atoms with Crippen molar-refractivity contribution in [2.45, 2.75) is 19.5 Å². The van der Waals surface area contributed by atoms with E-state index >= 15 is 0 Å². The number of carbonyl (C=O) groups is 2. The Balaban J connectivity index is 1.46. The van der Waals surface area contributed by atoms with Crippen molar-refractivity contribution < 1.29 is 18.4 Å². The van der Waals surface area contributed by atoms with Crippen molar-refractivity contribution in [3.8, 4) is 0 Å². The standard InChI is InChI=1S/C21H20F2N4O2/c22-17-5-6-18(19(23)11-17)21(29)25-8-7-20(28)26-12-15-3-1-2-4-16(15)13-27-10-9-24-14-27/h1-6,9-11,14H,7-8,12-13H2,(H,25,29)(H,26,28). The monoisotopic (exact) mass is 398 g/mol. The number of nitrogens with zero attached hydrogens (tertiary/aromatic N) is 2. The van der Waals surface area contributed by atoms with Gasteiger partial charge in [-0.15, -0.1) is 0 Å². The molecule has 8 heteroatoms. The summed E-state index contributed by atoms with van der Waals surface area (Å²) in [7, 11) is 0. The van der Waals surface area contributed by atoms with Crippen molar-refractivity contribution in [2.75, 3.05) is 6.54 Å². The van der Waals surface area contributed by atoms with Crippen LogP contribution in [0.15, 0.2) is 61.2 Å². The summed E-state index contributed by atoms with van der Waals surface area (Å²) < 4.78 is 28.4. The van der Waals surface area contributed by atoms with E-state index in [-0.39, 0.29) is 24.4 Å². The minimum absolute atomic E-state index is 0.0398. The quantitative estimate of drug-likeness (QED) is 0.613. The first-order chi connectivity index (χ1) is 14.0. The molecular weight excluding hydrogens is 378 g/mol. The topological polar surface area (TPSA) is 76.0 Å². The zero-order valence-electron chi connectivity index (χ0n) is 15.6. The van der Waals surface area contributed by atoms with Gasteiger partial charge in [0.15, 0.2) is 0 Å². The van der Waals surface area contributed by atoms with Crippen molar-refractivity contribution in [1.82, 2.24) is 20.2 Å². The zero-order chi connectivity index (χ0) is 20.6. The summed E-state index contributed by atoms with van der Waals surface area (Å²) in [5.41, 5.74) is 1.78. The van der Waals surface area contributed by atoms with E-state index < -0.39 is 17.5 Å². The predicted octanol–water partition coefficient (Wildman–Crippen LogP) is 2.65. The maximum atomic E-state index is 13.6. The SMILES string of the molecule is O=C(CCNC(=O)c1ccc(F)cc1F)NCc1ccccc1Cn1ccnc1. The highest BCUT2D eigenvalue weighted by Crippen LogP contribution is 2.11. The van der Waals surface area contributed by atoms with Crippen LogP contribution in [0.2, 0.25) is 0 Å². The van der Waals surface area contributed by atoms with E-state index in [0.717, 1.165) is 23.3 Å². The summed E-state index contributed by atoms with van der Waals surface area (Å²) in [6, 6.07) is 10.5. The first kappa shape index (κ1) is 20.2. The van der Waals surface area contributed by atoms with Gasteiger partial charge < -0.3 is 15.2 Å². The molecule has 0 saturated carbocycles. The molecule has 0 radical (unpaired) electrons. The average molecular weight is 398 g/mol. The summed E-state index contributed by atoms with van der Waals surface area (Å²) >= 11 is 0. The third-order valence-corrected chi connectivity index (χ3v) is 4.32. The smallest absolute Gasteiger partial charge is 0.254 e. The van der Waals surface area contributed by atoms with Gasteiger partial charge in [-0.2, -0.15) is 0 Å². The van der Waals surface area contributed by atoms with Gasteiger partial charge in [0.2, 0.25) is 5.91 Å². The van der Waals surface area contributed by atoms with Gasteiger partial charge in [0.05, 0.1) is 11.9 Å². The van der Waals surface area contributed by atoms with Crippen molar-refractivity contribution in [3.05, 3.63) is 89.5 Å². The molecular formula is C21H20F2N4O2. The number of hydrogen-bond acceptors (Lipinski definition) is 3. The normalized spacial score (nSPS) is 10.6. The third-order valence-electron chi connectivity index (χ3n) is 4.32. The van der Waals surface area contributed by atoms with E-state index in [1.54, 1.807) is 12.5 Å². The Morgan fingerprint density at radius 2 is 1.83 bits per heavy atom. The first-order valence-electron chi connectivity index (χ1n) is 9.05. The third kappa shape index (κ3) is 5.71. The molecule has 2 N–H and O–H groups in total. The van der Waals surface area contributed by atoms with Crippen LogP contribution in [0.25, 0.3) is 0 Å². The predicted molar refractivity (Wildman–Crippen MR) is 103 cm³/mol. The van der Waals surface area contributed by atoms with Gasteiger partial charge in [0.1, 0.15) is 11.6 Å². The molecule has 0 unspecified atom stereocenters. The van der Waals surface area contributed by atoms with Gasteiger partial charge in [-0.3, -0.25) is 9.59 Å². The lowest BCUT2D eigenvalue weighted by Crippen LogP contribution is -2.31. The van der Waals surface area contributed by atoms with E-state index in [4.69, 9.17) is 0 Å². The summed E-state index contributed by atoms with van der Waals surface area (Å²) in [6.45, 7) is 1.04. The van der Waals surface area contributed by atoms with Crippen LogP contribution in [-0.4, -0.2) is 27.9 Å². The van der Waals surface area contributed by atoms with E-state index in [2.05, 4.69) is 15.6 Å². The Morgan fingerprint density at radius 1 is 1.03 bits per heavy atom. The minimum Gasteiger partial charge on any atom is -0.352 e. The number of aromatic nitrogens is 2. The Bertz CT molecular complexity index is 990. The number of amides is 2. The van der Waals surface area contributed by atoms with Crippen molar-refractivity contribution in [2.24, 2.45) is 0 Å². The number of benzene rings is 2. The molecule has 2 aromatic carbocycles. The van der Waals surface area contributed by atoms with E-state index in [1.165, 1.54) is 0 Å². The summed E-state index contributed by atoms with van der Waals surface area (Å²) in [6.07, 6.45) is 5.33. The first-order valence-corrected chi connectivity index (χ1v) is 9.05. The molecule has 3 rings (SSSR count). The lowest BCUT2D eigenvalue weighted by atomic mass is 10.1. The van der Waals surface area contributed by atoms with Crippen LogP contribution in [0.4, 0.5) is 8.78 Å². The molecule has 1 aromatic heterocycles. The number of imidazole rings is 1. The summed E-state index contributed by atoms with van der Waals surface area (Å²) in [4.78, 5) is 28.0. The number of hydrogen-bond donors (Lipinski definition) is 2. The summed E-state index contributed by atoms with van der Waals surface area (Å²) in [5, 5.41) is 5.27. The molecule has 6 nitrogen and oxygen atoms in total. The van der Waals surface area contributed by atoms with Crippen molar-refractivity contribution in [1.29, 1.82) is 0 Å². The number of carbonyl (C=O) groups excluding carboxylic acids is 2. The van der Waals surface area contributed by atoms with Gasteiger partial charge in [0, 0.05) is 44.5 Å². The molecule has 1 heterocycles. The highest BCUT2D eigenvalue weighted by atomic mass is 19.1. The van der Waals surface area contributed by atoms with Crippen LogP contribution < -0.4 is 10.6 Å². The molecule has 29 heavy (non-hydrogen) atoms. The second kappa shape index (κ2) is 9.59. The van der Waals surface area contributed by atoms with E-state index in [0.29, 0.717) is 19.2 Å². The Labute approximate surface area is 166 Å². The van der Waals surface area contributed by atoms with Gasteiger partial charge in [-0.05, 0) is 23.3 Å². The van der Waals surface area contributed by atoms with E-state index in [9.17, 15) is 18.4 Å². The fraction of sp³-hybridized carbons (Fsp3) is 0.190. The molecule has 3 aromatic rings.